The van der Waals surface area contributed by atoms with Crippen LogP contribution in [0.2, 0.25) is 0 Å². The normalized spacial score (nSPS) is 11.9. The van der Waals surface area contributed by atoms with Crippen molar-refractivity contribution in [1.82, 2.24) is 4.98 Å². The second-order valence-corrected chi connectivity index (χ2v) is 3.84. The first kappa shape index (κ1) is 14.0. The summed E-state index contributed by atoms with van der Waals surface area (Å²) in [7, 11) is 0. The van der Waals surface area contributed by atoms with E-state index in [1.165, 1.54) is 19.9 Å². The highest BCUT2D eigenvalue weighted by Crippen LogP contribution is 2.20. The standard InChI is InChI=1S/C12H15NO5/c1-4-18-12(17)6(2)8-5-9(15)10(7(3)14)11(16)13-8/h5-6H,4H2,1-3H3,(H2,13,15,16). The van der Waals surface area contributed by atoms with Crippen molar-refractivity contribution < 1.29 is 19.4 Å². The van der Waals surface area contributed by atoms with Gasteiger partial charge in [0, 0.05) is 11.8 Å². The third-order valence-corrected chi connectivity index (χ3v) is 2.49. The Morgan fingerprint density at radius 3 is 2.56 bits per heavy atom. The van der Waals surface area contributed by atoms with Gasteiger partial charge in [0.15, 0.2) is 5.78 Å². The number of carbonyl (C=O) groups excluding carboxylic acids is 2. The van der Waals surface area contributed by atoms with Crippen LogP contribution in [0.1, 0.15) is 42.7 Å². The molecule has 6 nitrogen and oxygen atoms in total. The molecule has 98 valence electrons. The van der Waals surface area contributed by atoms with Crippen LogP contribution in [-0.2, 0) is 9.53 Å². The molecule has 2 N–H and O–H groups in total. The Morgan fingerprint density at radius 2 is 2.11 bits per heavy atom. The van der Waals surface area contributed by atoms with Gasteiger partial charge >= 0.3 is 5.97 Å². The maximum atomic E-state index is 11.6. The molecule has 0 aliphatic heterocycles. The van der Waals surface area contributed by atoms with E-state index in [0.29, 0.717) is 0 Å². The van der Waals surface area contributed by atoms with Gasteiger partial charge in [-0.3, -0.25) is 14.4 Å². The summed E-state index contributed by atoms with van der Waals surface area (Å²) >= 11 is 0. The van der Waals surface area contributed by atoms with Crippen molar-refractivity contribution in [1.29, 1.82) is 0 Å². The highest BCUT2D eigenvalue weighted by Gasteiger charge is 2.21. The fourth-order valence-electron chi connectivity index (χ4n) is 1.53. The van der Waals surface area contributed by atoms with E-state index >= 15 is 0 Å². The minimum absolute atomic E-state index is 0.209. The smallest absolute Gasteiger partial charge is 0.314 e. The van der Waals surface area contributed by atoms with Crippen LogP contribution in [0.3, 0.4) is 0 Å². The van der Waals surface area contributed by atoms with E-state index < -0.39 is 29.0 Å². The predicted molar refractivity (Wildman–Crippen MR) is 63.8 cm³/mol. The van der Waals surface area contributed by atoms with Crippen molar-refractivity contribution in [3.63, 3.8) is 0 Å². The van der Waals surface area contributed by atoms with Gasteiger partial charge < -0.3 is 14.8 Å². The number of carbonyl (C=O) groups is 2. The summed E-state index contributed by atoms with van der Waals surface area (Å²) in [6.07, 6.45) is 0. The zero-order chi connectivity index (χ0) is 13.9. The molecule has 6 heteroatoms. The zero-order valence-electron chi connectivity index (χ0n) is 10.4. The number of hydrogen-bond donors (Lipinski definition) is 2. The van der Waals surface area contributed by atoms with Crippen molar-refractivity contribution in [3.8, 4) is 5.75 Å². The maximum absolute atomic E-state index is 11.6. The van der Waals surface area contributed by atoms with Crippen LogP contribution >= 0.6 is 0 Å². The number of ketones is 1. The summed E-state index contributed by atoms with van der Waals surface area (Å²) in [5.74, 6) is -2.20. The number of ether oxygens (including phenoxy) is 1. The van der Waals surface area contributed by atoms with E-state index in [0.717, 1.165) is 0 Å². The Hall–Kier alpha value is -2.11. The van der Waals surface area contributed by atoms with Crippen LogP contribution in [0.25, 0.3) is 0 Å². The van der Waals surface area contributed by atoms with E-state index in [-0.39, 0.29) is 17.9 Å². The average molecular weight is 253 g/mol. The number of Topliss-reactive ketones (excluding diaryl/α,β-unsaturated/α-hetero) is 1. The molecule has 0 radical (unpaired) electrons. The molecular formula is C12H15NO5. The van der Waals surface area contributed by atoms with E-state index in [4.69, 9.17) is 4.74 Å². The number of aromatic hydroxyl groups is 1. The van der Waals surface area contributed by atoms with Gasteiger partial charge in [-0.15, -0.1) is 0 Å². The van der Waals surface area contributed by atoms with Gasteiger partial charge in [-0.1, -0.05) is 0 Å². The van der Waals surface area contributed by atoms with Crippen molar-refractivity contribution in [2.75, 3.05) is 6.61 Å². The summed E-state index contributed by atoms with van der Waals surface area (Å²) in [5, 5.41) is 9.61. The van der Waals surface area contributed by atoms with Crippen molar-refractivity contribution >= 4 is 11.8 Å². The molecule has 1 aromatic heterocycles. The molecule has 1 atom stereocenters. The number of esters is 1. The molecule has 0 saturated heterocycles. The molecule has 0 aliphatic carbocycles. The molecule has 0 aromatic carbocycles. The number of nitrogens with one attached hydrogen (secondary N) is 1. The Bertz CT molecular complexity index is 532. The number of aromatic amines is 1. The third-order valence-electron chi connectivity index (χ3n) is 2.49. The minimum Gasteiger partial charge on any atom is -0.507 e. The molecule has 1 unspecified atom stereocenters. The van der Waals surface area contributed by atoms with E-state index in [2.05, 4.69) is 4.98 Å². The van der Waals surface area contributed by atoms with Crippen molar-refractivity contribution in [2.24, 2.45) is 0 Å². The first-order valence-corrected chi connectivity index (χ1v) is 5.52. The molecule has 0 amide bonds. The largest absolute Gasteiger partial charge is 0.507 e. The second-order valence-electron chi connectivity index (χ2n) is 3.84. The van der Waals surface area contributed by atoms with Crippen molar-refractivity contribution in [3.05, 3.63) is 27.7 Å². The molecule has 0 fully saturated rings. The number of pyridine rings is 1. The van der Waals surface area contributed by atoms with Gasteiger partial charge in [0.05, 0.1) is 12.5 Å². The highest BCUT2D eigenvalue weighted by atomic mass is 16.5. The topological polar surface area (TPSA) is 96.5 Å². The van der Waals surface area contributed by atoms with Crippen LogP contribution in [0.4, 0.5) is 0 Å². The van der Waals surface area contributed by atoms with Gasteiger partial charge in [-0.05, 0) is 20.8 Å². The second kappa shape index (κ2) is 5.48. The van der Waals surface area contributed by atoms with Crippen LogP contribution in [-0.4, -0.2) is 28.4 Å². The van der Waals surface area contributed by atoms with E-state index in [9.17, 15) is 19.5 Å². The monoisotopic (exact) mass is 253 g/mol. The first-order chi connectivity index (χ1) is 8.38. The summed E-state index contributed by atoms with van der Waals surface area (Å²) in [6, 6.07) is 1.19. The molecule has 0 saturated carbocycles. The van der Waals surface area contributed by atoms with Gasteiger partial charge in [0.2, 0.25) is 0 Å². The quantitative estimate of drug-likeness (QED) is 0.615. The Labute approximate surface area is 104 Å². The predicted octanol–water partition coefficient (Wildman–Crippen LogP) is 0.950. The number of aromatic nitrogens is 1. The fraction of sp³-hybridized carbons (Fsp3) is 0.417. The molecule has 0 bridgehead atoms. The Kier molecular flexibility index (Phi) is 4.25. The zero-order valence-corrected chi connectivity index (χ0v) is 10.4. The van der Waals surface area contributed by atoms with Crippen LogP contribution in [0.15, 0.2) is 10.9 Å². The SMILES string of the molecule is CCOC(=O)C(C)c1cc(O)c(C(C)=O)c(=O)[nH]1. The fourth-order valence-corrected chi connectivity index (χ4v) is 1.53. The Morgan fingerprint density at radius 1 is 1.50 bits per heavy atom. The van der Waals surface area contributed by atoms with Crippen LogP contribution in [0.5, 0.6) is 5.75 Å². The lowest BCUT2D eigenvalue weighted by atomic mass is 10.1. The molecule has 1 rings (SSSR count). The van der Waals surface area contributed by atoms with Gasteiger partial charge in [-0.25, -0.2) is 0 Å². The lowest BCUT2D eigenvalue weighted by Gasteiger charge is -2.11. The average Bonchev–Trinajstić information content (AvgIpc) is 2.26. The molecule has 18 heavy (non-hydrogen) atoms. The van der Waals surface area contributed by atoms with Gasteiger partial charge in [0.1, 0.15) is 11.3 Å². The molecule has 0 spiro atoms. The number of H-pyrrole nitrogens is 1. The summed E-state index contributed by atoms with van der Waals surface area (Å²) in [5.41, 5.74) is -0.815. The number of rotatable bonds is 4. The Balaban J connectivity index is 3.18. The molecule has 1 heterocycles. The molecule has 1 aromatic rings. The third kappa shape index (κ3) is 2.77. The van der Waals surface area contributed by atoms with Crippen LogP contribution < -0.4 is 5.56 Å². The van der Waals surface area contributed by atoms with E-state index in [1.807, 2.05) is 0 Å². The molecule has 0 aliphatic rings. The van der Waals surface area contributed by atoms with Gasteiger partial charge in [0.25, 0.3) is 5.56 Å². The summed E-state index contributed by atoms with van der Waals surface area (Å²) < 4.78 is 4.81. The highest BCUT2D eigenvalue weighted by molar-refractivity contribution is 5.96. The summed E-state index contributed by atoms with van der Waals surface area (Å²) in [6.45, 7) is 4.61. The number of hydrogen-bond acceptors (Lipinski definition) is 5. The lowest BCUT2D eigenvalue weighted by molar-refractivity contribution is -0.144. The summed E-state index contributed by atoms with van der Waals surface area (Å²) in [4.78, 5) is 36.6. The van der Waals surface area contributed by atoms with Crippen molar-refractivity contribution in [2.45, 2.75) is 26.7 Å². The maximum Gasteiger partial charge on any atom is 0.314 e. The van der Waals surface area contributed by atoms with E-state index in [1.54, 1.807) is 6.92 Å². The van der Waals surface area contributed by atoms with Crippen LogP contribution in [0, 0.1) is 0 Å². The molecular weight excluding hydrogens is 238 g/mol. The first-order valence-electron chi connectivity index (χ1n) is 5.52. The van der Waals surface area contributed by atoms with Gasteiger partial charge in [-0.2, -0.15) is 0 Å². The minimum atomic E-state index is -0.718. The lowest BCUT2D eigenvalue weighted by Crippen LogP contribution is -2.22.